The molecule has 0 bridgehead atoms. The number of carbonyl (C=O) groups excluding carboxylic acids is 2. The molecule has 0 aliphatic heterocycles. The van der Waals surface area contributed by atoms with E-state index in [0.29, 0.717) is 16.8 Å². The van der Waals surface area contributed by atoms with Crippen LogP contribution in [0.15, 0.2) is 60.7 Å². The number of ketones is 1. The van der Waals surface area contributed by atoms with E-state index in [1.165, 1.54) is 0 Å². The normalized spacial score (nSPS) is 10.6. The Morgan fingerprint density at radius 3 is 2.52 bits per heavy atom. The molecule has 0 aliphatic carbocycles. The summed E-state index contributed by atoms with van der Waals surface area (Å²) in [6.07, 6.45) is 0.215. The SMILES string of the molecule is Cc1ccc(N)c(C(=O)CCNC(=O)c2ccc3ccccc3c2)c1. The van der Waals surface area contributed by atoms with E-state index in [0.717, 1.165) is 16.3 Å². The van der Waals surface area contributed by atoms with E-state index in [1.54, 1.807) is 18.2 Å². The quantitative estimate of drug-likeness (QED) is 0.552. The van der Waals surface area contributed by atoms with Crippen LogP contribution in [0.3, 0.4) is 0 Å². The monoisotopic (exact) mass is 332 g/mol. The zero-order valence-electron chi connectivity index (χ0n) is 14.1. The first kappa shape index (κ1) is 16.7. The molecular formula is C21H20N2O2. The first-order valence-electron chi connectivity index (χ1n) is 8.21. The molecule has 0 radical (unpaired) electrons. The molecule has 0 saturated carbocycles. The van der Waals surface area contributed by atoms with Crippen molar-refractivity contribution in [3.8, 4) is 0 Å². The van der Waals surface area contributed by atoms with Gasteiger partial charge in [-0.2, -0.15) is 0 Å². The summed E-state index contributed by atoms with van der Waals surface area (Å²) < 4.78 is 0. The summed E-state index contributed by atoms with van der Waals surface area (Å²) in [5.41, 5.74) is 8.41. The Morgan fingerprint density at radius 1 is 0.960 bits per heavy atom. The maximum Gasteiger partial charge on any atom is 0.251 e. The molecule has 0 unspecified atom stereocenters. The lowest BCUT2D eigenvalue weighted by Crippen LogP contribution is -2.26. The smallest absolute Gasteiger partial charge is 0.251 e. The summed E-state index contributed by atoms with van der Waals surface area (Å²) in [5.74, 6) is -0.254. The Labute approximate surface area is 146 Å². The van der Waals surface area contributed by atoms with Crippen molar-refractivity contribution in [3.63, 3.8) is 0 Å². The van der Waals surface area contributed by atoms with Crippen molar-refractivity contribution in [1.82, 2.24) is 5.32 Å². The van der Waals surface area contributed by atoms with Crippen LogP contribution in [0.5, 0.6) is 0 Å². The van der Waals surface area contributed by atoms with Gasteiger partial charge in [0.15, 0.2) is 5.78 Å². The lowest BCUT2D eigenvalue weighted by atomic mass is 10.0. The second-order valence-corrected chi connectivity index (χ2v) is 6.08. The van der Waals surface area contributed by atoms with Gasteiger partial charge in [0.2, 0.25) is 0 Å². The first-order chi connectivity index (χ1) is 12.0. The van der Waals surface area contributed by atoms with Crippen LogP contribution in [-0.2, 0) is 0 Å². The minimum atomic E-state index is -0.184. The zero-order chi connectivity index (χ0) is 17.8. The van der Waals surface area contributed by atoms with Gasteiger partial charge >= 0.3 is 0 Å². The second kappa shape index (κ2) is 7.18. The maximum absolute atomic E-state index is 12.3. The molecule has 3 rings (SSSR count). The highest BCUT2D eigenvalue weighted by Crippen LogP contribution is 2.17. The largest absolute Gasteiger partial charge is 0.398 e. The van der Waals surface area contributed by atoms with Crippen LogP contribution in [0.25, 0.3) is 10.8 Å². The van der Waals surface area contributed by atoms with Gasteiger partial charge in [-0.1, -0.05) is 42.0 Å². The average Bonchev–Trinajstić information content (AvgIpc) is 2.63. The van der Waals surface area contributed by atoms with E-state index < -0.39 is 0 Å². The van der Waals surface area contributed by atoms with Crippen LogP contribution in [0, 0.1) is 6.92 Å². The summed E-state index contributed by atoms with van der Waals surface area (Å²) in [7, 11) is 0. The summed E-state index contributed by atoms with van der Waals surface area (Å²) in [6.45, 7) is 2.19. The fourth-order valence-corrected chi connectivity index (χ4v) is 2.77. The van der Waals surface area contributed by atoms with Gasteiger partial charge in [-0.05, 0) is 42.0 Å². The van der Waals surface area contributed by atoms with E-state index in [-0.39, 0.29) is 24.7 Å². The van der Waals surface area contributed by atoms with Gasteiger partial charge in [0.05, 0.1) is 0 Å². The molecule has 0 fully saturated rings. The number of nitrogens with one attached hydrogen (secondary N) is 1. The summed E-state index contributed by atoms with van der Waals surface area (Å²) in [5, 5.41) is 4.90. The van der Waals surface area contributed by atoms with Crippen molar-refractivity contribution >= 4 is 28.2 Å². The molecule has 4 heteroatoms. The van der Waals surface area contributed by atoms with Crippen LogP contribution in [-0.4, -0.2) is 18.2 Å². The van der Waals surface area contributed by atoms with E-state index in [9.17, 15) is 9.59 Å². The van der Waals surface area contributed by atoms with Gasteiger partial charge in [0.1, 0.15) is 0 Å². The standard InChI is InChI=1S/C21H20N2O2/c1-14-6-9-19(22)18(12-14)20(24)10-11-23-21(25)17-8-7-15-4-2-3-5-16(15)13-17/h2-9,12-13H,10-11,22H2,1H3,(H,23,25). The minimum Gasteiger partial charge on any atom is -0.398 e. The molecule has 0 saturated heterocycles. The molecule has 4 nitrogen and oxygen atoms in total. The Bertz CT molecular complexity index is 948. The number of hydrogen-bond donors (Lipinski definition) is 2. The van der Waals surface area contributed by atoms with Gasteiger partial charge in [0.25, 0.3) is 5.91 Å². The second-order valence-electron chi connectivity index (χ2n) is 6.08. The number of nitrogens with two attached hydrogens (primary N) is 1. The number of carbonyl (C=O) groups is 2. The van der Waals surface area contributed by atoms with E-state index in [2.05, 4.69) is 5.32 Å². The van der Waals surface area contributed by atoms with Crippen LogP contribution in [0.1, 0.15) is 32.7 Å². The fourth-order valence-electron chi connectivity index (χ4n) is 2.77. The highest BCUT2D eigenvalue weighted by atomic mass is 16.1. The lowest BCUT2D eigenvalue weighted by Gasteiger charge is -2.08. The van der Waals surface area contributed by atoms with Crippen molar-refractivity contribution in [2.75, 3.05) is 12.3 Å². The maximum atomic E-state index is 12.3. The number of nitrogen functional groups attached to an aromatic ring is 1. The Morgan fingerprint density at radius 2 is 1.72 bits per heavy atom. The van der Waals surface area contributed by atoms with Gasteiger partial charge in [-0.15, -0.1) is 0 Å². The highest BCUT2D eigenvalue weighted by molar-refractivity contribution is 6.02. The summed E-state index contributed by atoms with van der Waals surface area (Å²) in [6, 6.07) is 18.8. The van der Waals surface area contributed by atoms with Crippen molar-refractivity contribution in [3.05, 3.63) is 77.4 Å². The predicted molar refractivity (Wildman–Crippen MR) is 101 cm³/mol. The molecule has 3 N–H and O–H groups in total. The molecule has 0 spiro atoms. The van der Waals surface area contributed by atoms with Crippen molar-refractivity contribution in [2.24, 2.45) is 0 Å². The van der Waals surface area contributed by atoms with Crippen molar-refractivity contribution < 1.29 is 9.59 Å². The van der Waals surface area contributed by atoms with Gasteiger partial charge in [-0.25, -0.2) is 0 Å². The number of anilines is 1. The number of benzene rings is 3. The van der Waals surface area contributed by atoms with Crippen LogP contribution in [0.2, 0.25) is 0 Å². The van der Waals surface area contributed by atoms with E-state index in [4.69, 9.17) is 5.73 Å². The number of aryl methyl sites for hydroxylation is 1. The zero-order valence-corrected chi connectivity index (χ0v) is 14.1. The Hall–Kier alpha value is -3.14. The van der Waals surface area contributed by atoms with Crippen LogP contribution in [0.4, 0.5) is 5.69 Å². The van der Waals surface area contributed by atoms with Gasteiger partial charge in [-0.3, -0.25) is 9.59 Å². The molecule has 0 atom stereocenters. The molecule has 0 aromatic heterocycles. The number of Topliss-reactive ketones (excluding diaryl/α,β-unsaturated/α-hetero) is 1. The molecule has 1 amide bonds. The van der Waals surface area contributed by atoms with E-state index in [1.807, 2.05) is 49.4 Å². The number of fused-ring (bicyclic) bond motifs is 1. The number of rotatable bonds is 5. The molecule has 3 aromatic rings. The third kappa shape index (κ3) is 3.86. The summed E-state index contributed by atoms with van der Waals surface area (Å²) in [4.78, 5) is 24.6. The fraction of sp³-hybridized carbons (Fsp3) is 0.143. The number of hydrogen-bond acceptors (Lipinski definition) is 3. The molecular weight excluding hydrogens is 312 g/mol. The predicted octanol–water partition coefficient (Wildman–Crippen LogP) is 3.73. The number of amides is 1. The third-order valence-corrected chi connectivity index (χ3v) is 4.16. The van der Waals surface area contributed by atoms with Crippen LogP contribution >= 0.6 is 0 Å². The minimum absolute atomic E-state index is 0.0694. The van der Waals surface area contributed by atoms with Gasteiger partial charge in [0, 0.05) is 29.8 Å². The third-order valence-electron chi connectivity index (χ3n) is 4.16. The first-order valence-corrected chi connectivity index (χ1v) is 8.21. The lowest BCUT2D eigenvalue weighted by molar-refractivity contribution is 0.0940. The Balaban J connectivity index is 1.61. The average molecular weight is 332 g/mol. The van der Waals surface area contributed by atoms with Crippen molar-refractivity contribution in [1.29, 1.82) is 0 Å². The molecule has 25 heavy (non-hydrogen) atoms. The van der Waals surface area contributed by atoms with E-state index >= 15 is 0 Å². The highest BCUT2D eigenvalue weighted by Gasteiger charge is 2.11. The Kier molecular flexibility index (Phi) is 4.80. The topological polar surface area (TPSA) is 72.2 Å². The van der Waals surface area contributed by atoms with Crippen molar-refractivity contribution in [2.45, 2.75) is 13.3 Å². The molecule has 126 valence electrons. The molecule has 3 aromatic carbocycles. The van der Waals surface area contributed by atoms with Crippen LogP contribution < -0.4 is 11.1 Å². The molecule has 0 heterocycles. The molecule has 0 aliphatic rings. The summed E-state index contributed by atoms with van der Waals surface area (Å²) >= 11 is 0. The van der Waals surface area contributed by atoms with Gasteiger partial charge < -0.3 is 11.1 Å².